The summed E-state index contributed by atoms with van der Waals surface area (Å²) in [5.74, 6) is 0.00766. The van der Waals surface area contributed by atoms with Gasteiger partial charge >= 0.3 is 0 Å². The Kier molecular flexibility index (Phi) is 8.21. The van der Waals surface area contributed by atoms with Gasteiger partial charge in [-0.15, -0.1) is 0 Å². The van der Waals surface area contributed by atoms with Crippen molar-refractivity contribution in [3.63, 3.8) is 0 Å². The van der Waals surface area contributed by atoms with Crippen LogP contribution in [0.3, 0.4) is 0 Å². The second-order valence-corrected chi connectivity index (χ2v) is 9.25. The van der Waals surface area contributed by atoms with E-state index in [1.807, 2.05) is 37.3 Å². The fourth-order valence-electron chi connectivity index (χ4n) is 3.13. The molecule has 0 saturated heterocycles. The molecule has 172 valence electrons. The van der Waals surface area contributed by atoms with E-state index >= 15 is 0 Å². The molecule has 0 bridgehead atoms. The number of carbonyl (C=O) groups excluding carboxylic acids is 1. The van der Waals surface area contributed by atoms with Crippen LogP contribution in [0.2, 0.25) is 0 Å². The number of nitrogens with zero attached hydrogens (tertiary/aromatic N) is 2. The van der Waals surface area contributed by atoms with Crippen LogP contribution in [0, 0.1) is 0 Å². The standard InChI is InChI=1S/C25H27N3O4S/c1-20(13-14-21-9-5-3-6-10-21)26-27-25(29)19-28(22-11-7-4-8-12-22)33(30,31)24-17-15-23(32-2)16-18-24/h3-12,15-18H,13-14,19H2,1-2H3,(H,27,29)/b26-20-. The van der Waals surface area contributed by atoms with Gasteiger partial charge in [-0.2, -0.15) is 5.10 Å². The smallest absolute Gasteiger partial charge is 0.264 e. The lowest BCUT2D eigenvalue weighted by Crippen LogP contribution is -2.39. The number of ether oxygens (including phenoxy) is 1. The first-order valence-electron chi connectivity index (χ1n) is 10.5. The molecule has 33 heavy (non-hydrogen) atoms. The van der Waals surface area contributed by atoms with Gasteiger partial charge in [-0.05, 0) is 61.7 Å². The van der Waals surface area contributed by atoms with Gasteiger partial charge in [0, 0.05) is 5.71 Å². The Hall–Kier alpha value is -3.65. The molecule has 0 unspecified atom stereocenters. The highest BCUT2D eigenvalue weighted by Crippen LogP contribution is 2.24. The van der Waals surface area contributed by atoms with Crippen LogP contribution < -0.4 is 14.5 Å². The van der Waals surface area contributed by atoms with Gasteiger partial charge in [0.05, 0.1) is 17.7 Å². The number of hydrogen-bond donors (Lipinski definition) is 1. The number of sulfonamides is 1. The monoisotopic (exact) mass is 465 g/mol. The predicted octanol–water partition coefficient (Wildman–Crippen LogP) is 4.02. The highest BCUT2D eigenvalue weighted by molar-refractivity contribution is 7.92. The number of benzene rings is 3. The Morgan fingerprint density at radius 3 is 2.15 bits per heavy atom. The largest absolute Gasteiger partial charge is 0.497 e. The van der Waals surface area contributed by atoms with Gasteiger partial charge in [0.2, 0.25) is 0 Å². The number of hydrogen-bond acceptors (Lipinski definition) is 5. The minimum Gasteiger partial charge on any atom is -0.497 e. The minimum atomic E-state index is -3.99. The maximum Gasteiger partial charge on any atom is 0.264 e. The number of anilines is 1. The van der Waals surface area contributed by atoms with Crippen molar-refractivity contribution in [1.82, 2.24) is 5.43 Å². The molecule has 0 aliphatic rings. The van der Waals surface area contributed by atoms with Crippen LogP contribution in [0.15, 0.2) is 94.9 Å². The molecule has 0 heterocycles. The van der Waals surface area contributed by atoms with Crippen molar-refractivity contribution in [2.45, 2.75) is 24.7 Å². The van der Waals surface area contributed by atoms with Gasteiger partial charge in [-0.1, -0.05) is 48.5 Å². The molecule has 1 amide bonds. The van der Waals surface area contributed by atoms with Crippen molar-refractivity contribution in [2.24, 2.45) is 5.10 Å². The Balaban J connectivity index is 1.73. The second kappa shape index (κ2) is 11.3. The van der Waals surface area contributed by atoms with Crippen LogP contribution in [-0.2, 0) is 21.2 Å². The van der Waals surface area contributed by atoms with Crippen molar-refractivity contribution >= 4 is 27.3 Å². The number of para-hydroxylation sites is 1. The van der Waals surface area contributed by atoms with Crippen LogP contribution >= 0.6 is 0 Å². The summed E-state index contributed by atoms with van der Waals surface area (Å²) in [5.41, 5.74) is 4.79. The average molecular weight is 466 g/mol. The third kappa shape index (κ3) is 6.66. The zero-order chi connectivity index (χ0) is 23.7. The van der Waals surface area contributed by atoms with E-state index in [1.54, 1.807) is 42.5 Å². The second-order valence-electron chi connectivity index (χ2n) is 7.39. The summed E-state index contributed by atoms with van der Waals surface area (Å²) in [7, 11) is -2.48. The Labute approximate surface area is 194 Å². The summed E-state index contributed by atoms with van der Waals surface area (Å²) in [5, 5.41) is 4.14. The quantitative estimate of drug-likeness (QED) is 0.362. The van der Waals surface area contributed by atoms with Crippen molar-refractivity contribution in [1.29, 1.82) is 0 Å². The number of amides is 1. The van der Waals surface area contributed by atoms with Gasteiger partial charge in [0.15, 0.2) is 0 Å². The van der Waals surface area contributed by atoms with Gasteiger partial charge in [-0.3, -0.25) is 9.10 Å². The molecule has 0 fully saturated rings. The Bertz CT molecular complexity index is 1180. The molecule has 3 aromatic carbocycles. The van der Waals surface area contributed by atoms with Crippen LogP contribution in [-0.4, -0.2) is 33.7 Å². The van der Waals surface area contributed by atoms with Crippen LogP contribution in [0.4, 0.5) is 5.69 Å². The maximum atomic E-state index is 13.3. The molecular weight excluding hydrogens is 438 g/mol. The van der Waals surface area contributed by atoms with E-state index in [0.717, 1.165) is 16.4 Å². The SMILES string of the molecule is COc1ccc(S(=O)(=O)N(CC(=O)N/N=C(/C)CCc2ccccc2)c2ccccc2)cc1. The molecule has 0 radical (unpaired) electrons. The van der Waals surface area contributed by atoms with Crippen molar-refractivity contribution in [3.8, 4) is 5.75 Å². The fraction of sp³-hybridized carbons (Fsp3) is 0.200. The van der Waals surface area contributed by atoms with Gasteiger partial charge in [0.25, 0.3) is 15.9 Å². The van der Waals surface area contributed by atoms with Crippen LogP contribution in [0.5, 0.6) is 5.75 Å². The number of nitrogens with one attached hydrogen (secondary N) is 1. The van der Waals surface area contributed by atoms with E-state index in [0.29, 0.717) is 17.9 Å². The molecule has 0 spiro atoms. The first-order chi connectivity index (χ1) is 15.9. The first kappa shape index (κ1) is 24.0. The lowest BCUT2D eigenvalue weighted by molar-refractivity contribution is -0.119. The minimum absolute atomic E-state index is 0.0579. The van der Waals surface area contributed by atoms with Crippen molar-refractivity contribution in [2.75, 3.05) is 18.0 Å². The maximum absolute atomic E-state index is 13.3. The number of hydrazone groups is 1. The summed E-state index contributed by atoms with van der Waals surface area (Å²) >= 11 is 0. The molecular formula is C25H27N3O4S. The van der Waals surface area contributed by atoms with Crippen molar-refractivity contribution < 1.29 is 17.9 Å². The first-order valence-corrected chi connectivity index (χ1v) is 11.9. The summed E-state index contributed by atoms with van der Waals surface area (Å²) < 4.78 is 32.8. The van der Waals surface area contributed by atoms with Crippen LogP contribution in [0.25, 0.3) is 0 Å². The third-order valence-corrected chi connectivity index (χ3v) is 6.76. The summed E-state index contributed by atoms with van der Waals surface area (Å²) in [4.78, 5) is 12.7. The molecule has 0 atom stereocenters. The van der Waals surface area contributed by atoms with E-state index in [1.165, 1.54) is 24.8 Å². The summed E-state index contributed by atoms with van der Waals surface area (Å²) in [6.07, 6.45) is 1.48. The fourth-order valence-corrected chi connectivity index (χ4v) is 4.55. The third-order valence-electron chi connectivity index (χ3n) is 4.97. The molecule has 0 saturated carbocycles. The molecule has 0 aromatic heterocycles. The highest BCUT2D eigenvalue weighted by Gasteiger charge is 2.27. The predicted molar refractivity (Wildman–Crippen MR) is 130 cm³/mol. The van der Waals surface area contributed by atoms with E-state index in [-0.39, 0.29) is 4.90 Å². The summed E-state index contributed by atoms with van der Waals surface area (Å²) in [6.45, 7) is 1.42. The molecule has 8 heteroatoms. The van der Waals surface area contributed by atoms with E-state index < -0.39 is 22.5 Å². The van der Waals surface area contributed by atoms with E-state index in [4.69, 9.17) is 4.74 Å². The van der Waals surface area contributed by atoms with Gasteiger partial charge in [-0.25, -0.2) is 13.8 Å². The zero-order valence-corrected chi connectivity index (χ0v) is 19.5. The zero-order valence-electron chi connectivity index (χ0n) is 18.6. The summed E-state index contributed by atoms with van der Waals surface area (Å²) in [6, 6.07) is 24.5. The Morgan fingerprint density at radius 1 is 0.939 bits per heavy atom. The topological polar surface area (TPSA) is 88.1 Å². The van der Waals surface area contributed by atoms with Crippen molar-refractivity contribution in [3.05, 3.63) is 90.5 Å². The van der Waals surface area contributed by atoms with E-state index in [9.17, 15) is 13.2 Å². The average Bonchev–Trinajstić information content (AvgIpc) is 2.85. The molecule has 0 aliphatic carbocycles. The number of aryl methyl sites for hydroxylation is 1. The number of methoxy groups -OCH3 is 1. The molecule has 3 aromatic rings. The number of rotatable bonds is 10. The highest BCUT2D eigenvalue weighted by atomic mass is 32.2. The molecule has 7 nitrogen and oxygen atoms in total. The molecule has 1 N–H and O–H groups in total. The van der Waals surface area contributed by atoms with E-state index in [2.05, 4.69) is 10.5 Å². The molecule has 3 rings (SSSR count). The lowest BCUT2D eigenvalue weighted by atomic mass is 10.1. The van der Waals surface area contributed by atoms with Gasteiger partial charge in [0.1, 0.15) is 12.3 Å². The normalized spacial score (nSPS) is 11.6. The lowest BCUT2D eigenvalue weighted by Gasteiger charge is -2.23. The van der Waals surface area contributed by atoms with Crippen LogP contribution in [0.1, 0.15) is 18.9 Å². The van der Waals surface area contributed by atoms with Gasteiger partial charge < -0.3 is 4.74 Å². The number of carbonyl (C=O) groups is 1. The molecule has 0 aliphatic heterocycles. The Morgan fingerprint density at radius 2 is 1.55 bits per heavy atom.